The molecule has 2 N–H and O–H groups in total. The van der Waals surface area contributed by atoms with E-state index in [1.54, 1.807) is 30.3 Å². The van der Waals surface area contributed by atoms with Crippen LogP contribution in [0.15, 0.2) is 53.3 Å². The van der Waals surface area contributed by atoms with Crippen LogP contribution in [0.4, 0.5) is 14.9 Å². The highest BCUT2D eigenvalue weighted by atomic mass is 19.1. The second kappa shape index (κ2) is 7.73. The number of anilines is 1. The van der Waals surface area contributed by atoms with Crippen molar-refractivity contribution in [3.05, 3.63) is 64.7 Å². The molecule has 2 aromatic carbocycles. The molecule has 0 radical (unpaired) electrons. The average Bonchev–Trinajstić information content (AvgIpc) is 2.65. The molecule has 3 aromatic rings. The molecule has 0 aliphatic heterocycles. The smallest absolute Gasteiger partial charge is 0.319 e. The maximum Gasteiger partial charge on any atom is 0.319 e. The van der Waals surface area contributed by atoms with Gasteiger partial charge >= 0.3 is 6.03 Å². The zero-order chi connectivity index (χ0) is 18.5. The fourth-order valence-corrected chi connectivity index (χ4v) is 2.53. The molecule has 2 amide bonds. The first-order chi connectivity index (χ1) is 12.6. The summed E-state index contributed by atoms with van der Waals surface area (Å²) < 4.78 is 14.8. The summed E-state index contributed by atoms with van der Waals surface area (Å²) in [5, 5.41) is 13.6. The van der Waals surface area contributed by atoms with Crippen molar-refractivity contribution >= 4 is 22.6 Å². The van der Waals surface area contributed by atoms with E-state index in [9.17, 15) is 14.0 Å². The highest BCUT2D eigenvalue weighted by Crippen LogP contribution is 2.12. The molecule has 1 aromatic heterocycles. The van der Waals surface area contributed by atoms with Crippen LogP contribution in [-0.4, -0.2) is 27.1 Å². The Kier molecular flexibility index (Phi) is 5.21. The summed E-state index contributed by atoms with van der Waals surface area (Å²) in [4.78, 5) is 24.6. The van der Waals surface area contributed by atoms with Gasteiger partial charge in [0.2, 0.25) is 0 Å². The number of rotatable bonds is 5. The Labute approximate surface area is 148 Å². The van der Waals surface area contributed by atoms with Crippen molar-refractivity contribution in [2.24, 2.45) is 0 Å². The molecule has 0 unspecified atom stereocenters. The molecular formula is C18H18FN5O2. The number of fused-ring (bicyclic) bond motifs is 1. The molecule has 3 rings (SSSR count). The van der Waals surface area contributed by atoms with Gasteiger partial charge in [0, 0.05) is 0 Å². The third kappa shape index (κ3) is 3.85. The quantitative estimate of drug-likeness (QED) is 0.736. The Morgan fingerprint density at radius 1 is 1.19 bits per heavy atom. The highest BCUT2D eigenvalue weighted by molar-refractivity contribution is 5.89. The lowest BCUT2D eigenvalue weighted by Crippen LogP contribution is -2.42. The Hall–Kier alpha value is -3.29. The van der Waals surface area contributed by atoms with Crippen molar-refractivity contribution in [3.8, 4) is 0 Å². The molecule has 0 saturated carbocycles. The summed E-state index contributed by atoms with van der Waals surface area (Å²) in [6.45, 7) is 2.03. The number of amides is 2. The van der Waals surface area contributed by atoms with Crippen LogP contribution in [0, 0.1) is 5.82 Å². The highest BCUT2D eigenvalue weighted by Gasteiger charge is 2.15. The Morgan fingerprint density at radius 2 is 1.92 bits per heavy atom. The third-order valence-electron chi connectivity index (χ3n) is 3.97. The van der Waals surface area contributed by atoms with E-state index in [1.807, 2.05) is 6.92 Å². The van der Waals surface area contributed by atoms with E-state index in [1.165, 1.54) is 22.9 Å². The molecule has 0 spiro atoms. The van der Waals surface area contributed by atoms with E-state index in [2.05, 4.69) is 20.9 Å². The Bertz CT molecular complexity index is 988. The molecule has 7 nitrogen and oxygen atoms in total. The number of halogens is 1. The van der Waals surface area contributed by atoms with Gasteiger partial charge in [-0.15, -0.1) is 5.10 Å². The van der Waals surface area contributed by atoms with Gasteiger partial charge in [-0.1, -0.05) is 36.4 Å². The minimum absolute atomic E-state index is 0.0857. The summed E-state index contributed by atoms with van der Waals surface area (Å²) in [5.74, 6) is -0.521. The largest absolute Gasteiger partial charge is 0.333 e. The molecule has 1 atom stereocenters. The van der Waals surface area contributed by atoms with Crippen molar-refractivity contribution in [2.45, 2.75) is 25.9 Å². The molecule has 0 saturated heterocycles. The predicted molar refractivity (Wildman–Crippen MR) is 96.4 cm³/mol. The summed E-state index contributed by atoms with van der Waals surface area (Å²) in [6, 6.07) is 11.9. The molecular weight excluding hydrogens is 337 g/mol. The third-order valence-corrected chi connectivity index (χ3v) is 3.97. The molecule has 26 heavy (non-hydrogen) atoms. The van der Waals surface area contributed by atoms with E-state index < -0.39 is 11.8 Å². The average molecular weight is 355 g/mol. The van der Waals surface area contributed by atoms with Crippen molar-refractivity contribution in [1.29, 1.82) is 0 Å². The number of benzene rings is 2. The van der Waals surface area contributed by atoms with Crippen molar-refractivity contribution in [1.82, 2.24) is 20.3 Å². The molecule has 0 aliphatic rings. The van der Waals surface area contributed by atoms with Gasteiger partial charge in [-0.05, 0) is 30.7 Å². The van der Waals surface area contributed by atoms with E-state index in [0.29, 0.717) is 17.3 Å². The monoisotopic (exact) mass is 355 g/mol. The van der Waals surface area contributed by atoms with Gasteiger partial charge in [0.1, 0.15) is 11.3 Å². The van der Waals surface area contributed by atoms with Crippen molar-refractivity contribution < 1.29 is 9.18 Å². The fourth-order valence-electron chi connectivity index (χ4n) is 2.53. The molecule has 1 heterocycles. The normalized spacial score (nSPS) is 11.9. The van der Waals surface area contributed by atoms with Gasteiger partial charge in [0.25, 0.3) is 5.56 Å². The number of para-hydroxylation sites is 1. The SMILES string of the molecule is CC[C@@H](Cn1nnc2ccccc2c1=O)NC(=O)Nc1ccccc1F. The van der Waals surface area contributed by atoms with E-state index in [0.717, 1.165) is 0 Å². The summed E-state index contributed by atoms with van der Waals surface area (Å²) >= 11 is 0. The molecule has 0 fully saturated rings. The number of nitrogens with zero attached hydrogens (tertiary/aromatic N) is 3. The minimum Gasteiger partial charge on any atom is -0.333 e. The van der Waals surface area contributed by atoms with Crippen LogP contribution in [0.25, 0.3) is 10.9 Å². The van der Waals surface area contributed by atoms with Crippen LogP contribution in [0.1, 0.15) is 13.3 Å². The number of nitrogens with one attached hydrogen (secondary N) is 2. The van der Waals surface area contributed by atoms with Crippen molar-refractivity contribution in [2.75, 3.05) is 5.32 Å². The van der Waals surface area contributed by atoms with Gasteiger partial charge in [0.15, 0.2) is 0 Å². The first-order valence-corrected chi connectivity index (χ1v) is 8.23. The van der Waals surface area contributed by atoms with Gasteiger partial charge in [0.05, 0.1) is 23.7 Å². The predicted octanol–water partition coefficient (Wildman–Crippen LogP) is 2.53. The van der Waals surface area contributed by atoms with E-state index >= 15 is 0 Å². The Balaban J connectivity index is 1.72. The van der Waals surface area contributed by atoms with Gasteiger partial charge in [-0.3, -0.25) is 4.79 Å². The van der Waals surface area contributed by atoms with Gasteiger partial charge < -0.3 is 10.6 Å². The second-order valence-corrected chi connectivity index (χ2v) is 5.78. The van der Waals surface area contributed by atoms with Crippen LogP contribution in [0.2, 0.25) is 0 Å². The lowest BCUT2D eigenvalue weighted by molar-refractivity contribution is 0.245. The molecule has 134 valence electrons. The second-order valence-electron chi connectivity index (χ2n) is 5.78. The first-order valence-electron chi connectivity index (χ1n) is 8.23. The summed E-state index contributed by atoms with van der Waals surface area (Å²) in [6.07, 6.45) is 0.561. The maximum atomic E-state index is 13.6. The van der Waals surface area contributed by atoms with Gasteiger partial charge in [-0.25, -0.2) is 13.9 Å². The summed E-state index contributed by atoms with van der Waals surface area (Å²) in [5.41, 5.74) is 0.333. The number of aromatic nitrogens is 3. The maximum absolute atomic E-state index is 13.6. The number of hydrogen-bond acceptors (Lipinski definition) is 4. The van der Waals surface area contributed by atoms with Crippen LogP contribution in [0.3, 0.4) is 0 Å². The lowest BCUT2D eigenvalue weighted by atomic mass is 10.2. The van der Waals surface area contributed by atoms with Gasteiger partial charge in [-0.2, -0.15) is 0 Å². The topological polar surface area (TPSA) is 88.9 Å². The number of urea groups is 1. The fraction of sp³-hybridized carbons (Fsp3) is 0.222. The standard InChI is InChI=1S/C18H18FN5O2/c1-2-12(20-18(26)21-16-10-6-4-8-14(16)19)11-24-17(25)13-7-3-5-9-15(13)22-23-24/h3-10,12H,2,11H2,1H3,(H2,20,21,26)/t12-/m0/s1. The zero-order valence-corrected chi connectivity index (χ0v) is 14.1. The van der Waals surface area contributed by atoms with Crippen molar-refractivity contribution in [3.63, 3.8) is 0 Å². The molecule has 0 aliphatic carbocycles. The van der Waals surface area contributed by atoms with E-state index in [4.69, 9.17) is 0 Å². The Morgan fingerprint density at radius 3 is 2.69 bits per heavy atom. The molecule has 8 heteroatoms. The van der Waals surface area contributed by atoms with Crippen LogP contribution in [-0.2, 0) is 6.54 Å². The molecule has 0 bridgehead atoms. The number of carbonyl (C=O) groups is 1. The minimum atomic E-state index is -0.552. The zero-order valence-electron chi connectivity index (χ0n) is 14.1. The van der Waals surface area contributed by atoms with Crippen LogP contribution in [0.5, 0.6) is 0 Å². The lowest BCUT2D eigenvalue weighted by Gasteiger charge is -2.18. The first kappa shape index (κ1) is 17.5. The number of carbonyl (C=O) groups excluding carboxylic acids is 1. The van der Waals surface area contributed by atoms with Crippen LogP contribution < -0.4 is 16.2 Å². The van der Waals surface area contributed by atoms with E-state index in [-0.39, 0.29) is 23.8 Å². The van der Waals surface area contributed by atoms with Crippen LogP contribution >= 0.6 is 0 Å². The number of hydrogen-bond donors (Lipinski definition) is 2. The summed E-state index contributed by atoms with van der Waals surface area (Å²) in [7, 11) is 0.